The molecule has 1 aromatic carbocycles. The van der Waals surface area contributed by atoms with Gasteiger partial charge in [0.2, 0.25) is 5.91 Å². The van der Waals surface area contributed by atoms with E-state index in [9.17, 15) is 4.79 Å². The summed E-state index contributed by atoms with van der Waals surface area (Å²) in [5, 5.41) is 2.80. The van der Waals surface area contributed by atoms with Gasteiger partial charge in [0.25, 0.3) is 0 Å². The maximum absolute atomic E-state index is 11.0. The van der Waals surface area contributed by atoms with Gasteiger partial charge in [-0.05, 0) is 30.5 Å². The molecule has 0 fully saturated rings. The van der Waals surface area contributed by atoms with E-state index in [0.717, 1.165) is 12.1 Å². The summed E-state index contributed by atoms with van der Waals surface area (Å²) in [5.74, 6) is -0.0116. The topological polar surface area (TPSA) is 29.1 Å². The normalized spacial score (nSPS) is 10.6. The average Bonchev–Trinajstić information content (AvgIpc) is 2.50. The Hall–Kier alpha value is -1.31. The maximum atomic E-state index is 11.0. The van der Waals surface area contributed by atoms with Crippen LogP contribution in [-0.2, 0) is 11.2 Å². The maximum Gasteiger partial charge on any atom is 0.221 e. The number of carbonyl (C=O) groups is 1. The summed E-state index contributed by atoms with van der Waals surface area (Å²) in [6, 6.07) is 8.23. The summed E-state index contributed by atoms with van der Waals surface area (Å²) in [6.45, 7) is 3.81. The van der Waals surface area contributed by atoms with Crippen LogP contribution in [0.4, 0.5) is 5.69 Å². The molecule has 0 saturated carbocycles. The van der Waals surface area contributed by atoms with Crippen LogP contribution in [-0.4, -0.2) is 5.91 Å². The van der Waals surface area contributed by atoms with Gasteiger partial charge in [0.05, 0.1) is 0 Å². The van der Waals surface area contributed by atoms with E-state index in [-0.39, 0.29) is 5.91 Å². The van der Waals surface area contributed by atoms with Crippen LogP contribution in [0.5, 0.6) is 0 Å². The predicted octanol–water partition coefficient (Wildman–Crippen LogP) is 6.11. The Kier molecular flexibility index (Phi) is 10.4. The van der Waals surface area contributed by atoms with Crippen molar-refractivity contribution >= 4 is 11.6 Å². The molecule has 0 atom stereocenters. The summed E-state index contributed by atoms with van der Waals surface area (Å²) < 4.78 is 0. The summed E-state index contributed by atoms with van der Waals surface area (Å²) in [7, 11) is 0. The first-order chi connectivity index (χ1) is 10.7. The van der Waals surface area contributed by atoms with Crippen LogP contribution >= 0.6 is 0 Å². The molecule has 0 aromatic heterocycles. The highest BCUT2D eigenvalue weighted by Gasteiger charge is 1.97. The van der Waals surface area contributed by atoms with Crippen LogP contribution in [0.2, 0.25) is 0 Å². The molecule has 1 aromatic rings. The van der Waals surface area contributed by atoms with E-state index in [0.29, 0.717) is 0 Å². The fraction of sp³-hybridized carbons (Fsp3) is 0.650. The van der Waals surface area contributed by atoms with Crippen molar-refractivity contribution in [3.8, 4) is 0 Å². The van der Waals surface area contributed by atoms with E-state index in [1.807, 2.05) is 12.1 Å². The van der Waals surface area contributed by atoms with Gasteiger partial charge in [0.1, 0.15) is 0 Å². The smallest absolute Gasteiger partial charge is 0.221 e. The molecule has 0 spiro atoms. The van der Waals surface area contributed by atoms with Crippen LogP contribution in [0.1, 0.15) is 83.6 Å². The Morgan fingerprint density at radius 3 is 1.82 bits per heavy atom. The average molecular weight is 303 g/mol. The SMILES string of the molecule is CCCCCCCCCCCCc1ccc(NC(C)=O)cc1. The molecule has 124 valence electrons. The van der Waals surface area contributed by atoms with Gasteiger partial charge in [-0.2, -0.15) is 0 Å². The molecule has 1 amide bonds. The molecule has 0 bridgehead atoms. The molecule has 2 heteroatoms. The third-order valence-electron chi connectivity index (χ3n) is 4.09. The highest BCUT2D eigenvalue weighted by molar-refractivity contribution is 5.88. The number of hydrogen-bond donors (Lipinski definition) is 1. The van der Waals surface area contributed by atoms with Gasteiger partial charge in [-0.15, -0.1) is 0 Å². The zero-order chi connectivity index (χ0) is 16.0. The molecule has 0 aliphatic carbocycles. The molecule has 1 rings (SSSR count). The van der Waals surface area contributed by atoms with Crippen LogP contribution in [0.25, 0.3) is 0 Å². The quantitative estimate of drug-likeness (QED) is 0.464. The number of hydrogen-bond acceptors (Lipinski definition) is 1. The Bertz CT molecular complexity index is 397. The highest BCUT2D eigenvalue weighted by Crippen LogP contribution is 2.14. The van der Waals surface area contributed by atoms with Crippen molar-refractivity contribution in [3.05, 3.63) is 29.8 Å². The number of nitrogens with one attached hydrogen (secondary N) is 1. The zero-order valence-electron chi connectivity index (χ0n) is 14.5. The van der Waals surface area contributed by atoms with E-state index in [4.69, 9.17) is 0 Å². The second-order valence-corrected chi connectivity index (χ2v) is 6.31. The molecule has 0 aliphatic heterocycles. The molecule has 0 saturated heterocycles. The van der Waals surface area contributed by atoms with Gasteiger partial charge in [-0.1, -0.05) is 76.8 Å². The number of aryl methyl sites for hydroxylation is 1. The Balaban J connectivity index is 1.99. The van der Waals surface area contributed by atoms with Gasteiger partial charge in [0, 0.05) is 12.6 Å². The third-order valence-corrected chi connectivity index (χ3v) is 4.09. The minimum absolute atomic E-state index is 0.0116. The van der Waals surface area contributed by atoms with Gasteiger partial charge < -0.3 is 5.32 Å². The lowest BCUT2D eigenvalue weighted by Gasteiger charge is -2.05. The fourth-order valence-electron chi connectivity index (χ4n) is 2.77. The number of amides is 1. The second kappa shape index (κ2) is 12.3. The second-order valence-electron chi connectivity index (χ2n) is 6.31. The minimum Gasteiger partial charge on any atom is -0.326 e. The minimum atomic E-state index is -0.0116. The Morgan fingerprint density at radius 2 is 1.32 bits per heavy atom. The van der Waals surface area contributed by atoms with E-state index < -0.39 is 0 Å². The van der Waals surface area contributed by atoms with E-state index in [1.54, 1.807) is 0 Å². The first-order valence-corrected chi connectivity index (χ1v) is 9.09. The number of rotatable bonds is 12. The summed E-state index contributed by atoms with van der Waals surface area (Å²) >= 11 is 0. The van der Waals surface area contributed by atoms with Crippen molar-refractivity contribution in [2.45, 2.75) is 84.5 Å². The van der Waals surface area contributed by atoms with E-state index in [1.165, 1.54) is 76.7 Å². The van der Waals surface area contributed by atoms with Gasteiger partial charge in [-0.3, -0.25) is 4.79 Å². The molecule has 22 heavy (non-hydrogen) atoms. The Morgan fingerprint density at radius 1 is 0.818 bits per heavy atom. The lowest BCUT2D eigenvalue weighted by atomic mass is 10.0. The molecule has 1 N–H and O–H groups in total. The van der Waals surface area contributed by atoms with Crippen molar-refractivity contribution < 1.29 is 4.79 Å². The lowest BCUT2D eigenvalue weighted by molar-refractivity contribution is -0.114. The molecule has 0 unspecified atom stereocenters. The molecular formula is C20H33NO. The number of unbranched alkanes of at least 4 members (excludes halogenated alkanes) is 9. The molecule has 0 aliphatic rings. The Labute approximate surface area is 136 Å². The van der Waals surface area contributed by atoms with Crippen LogP contribution in [0.3, 0.4) is 0 Å². The standard InChI is InChI=1S/C20H33NO/c1-3-4-5-6-7-8-9-10-11-12-13-19-14-16-20(17-15-19)21-18(2)22/h14-17H,3-13H2,1-2H3,(H,21,22). The van der Waals surface area contributed by atoms with E-state index >= 15 is 0 Å². The number of anilines is 1. The van der Waals surface area contributed by atoms with Crippen molar-refractivity contribution in [1.82, 2.24) is 0 Å². The van der Waals surface area contributed by atoms with Gasteiger partial charge in [0.15, 0.2) is 0 Å². The number of benzene rings is 1. The fourth-order valence-corrected chi connectivity index (χ4v) is 2.77. The first-order valence-electron chi connectivity index (χ1n) is 9.09. The van der Waals surface area contributed by atoms with Gasteiger partial charge in [-0.25, -0.2) is 0 Å². The van der Waals surface area contributed by atoms with E-state index in [2.05, 4.69) is 24.4 Å². The van der Waals surface area contributed by atoms with Crippen LogP contribution < -0.4 is 5.32 Å². The molecular weight excluding hydrogens is 270 g/mol. The largest absolute Gasteiger partial charge is 0.326 e. The summed E-state index contributed by atoms with van der Waals surface area (Å²) in [4.78, 5) is 11.0. The first kappa shape index (κ1) is 18.7. The zero-order valence-corrected chi connectivity index (χ0v) is 14.5. The molecule has 2 nitrogen and oxygen atoms in total. The molecule has 0 radical (unpaired) electrons. The van der Waals surface area contributed by atoms with Crippen LogP contribution in [0.15, 0.2) is 24.3 Å². The van der Waals surface area contributed by atoms with Crippen molar-refractivity contribution in [1.29, 1.82) is 0 Å². The third kappa shape index (κ3) is 9.59. The van der Waals surface area contributed by atoms with Crippen LogP contribution in [0, 0.1) is 0 Å². The van der Waals surface area contributed by atoms with Crippen molar-refractivity contribution in [2.24, 2.45) is 0 Å². The number of carbonyl (C=O) groups excluding carboxylic acids is 1. The molecule has 0 heterocycles. The predicted molar refractivity (Wildman–Crippen MR) is 96.3 cm³/mol. The van der Waals surface area contributed by atoms with Gasteiger partial charge >= 0.3 is 0 Å². The van der Waals surface area contributed by atoms with Crippen molar-refractivity contribution in [2.75, 3.05) is 5.32 Å². The lowest BCUT2D eigenvalue weighted by Crippen LogP contribution is -2.05. The summed E-state index contributed by atoms with van der Waals surface area (Å²) in [5.41, 5.74) is 2.26. The monoisotopic (exact) mass is 303 g/mol. The highest BCUT2D eigenvalue weighted by atomic mass is 16.1. The summed E-state index contributed by atoms with van der Waals surface area (Å²) in [6.07, 6.45) is 15.0. The van der Waals surface area contributed by atoms with Crippen molar-refractivity contribution in [3.63, 3.8) is 0 Å².